The maximum Gasteiger partial charge on any atom is 0.416 e. The molecule has 1 N–H and O–H groups in total. The maximum absolute atomic E-state index is 12.6. The summed E-state index contributed by atoms with van der Waals surface area (Å²) < 4.78 is 43.2. The van der Waals surface area contributed by atoms with Crippen molar-refractivity contribution < 1.29 is 27.9 Å². The second kappa shape index (κ2) is 9.98. The highest BCUT2D eigenvalue weighted by Crippen LogP contribution is 2.29. The Hall–Kier alpha value is -3.54. The van der Waals surface area contributed by atoms with E-state index in [2.05, 4.69) is 25.6 Å². The molecule has 3 rings (SSSR count). The first-order valence-electron chi connectivity index (χ1n) is 9.14. The van der Waals surface area contributed by atoms with Gasteiger partial charge in [-0.1, -0.05) is 17.3 Å². The molecule has 0 aliphatic heterocycles. The van der Waals surface area contributed by atoms with Crippen molar-refractivity contribution in [3.63, 3.8) is 0 Å². The van der Waals surface area contributed by atoms with Gasteiger partial charge in [-0.3, -0.25) is 0 Å². The minimum atomic E-state index is -4.37. The number of pyridine rings is 1. The molecule has 0 spiro atoms. The Balaban J connectivity index is 1.49. The number of aromatic nitrogens is 5. The molecule has 0 atom stereocenters. The molecule has 0 unspecified atom stereocenters. The molecule has 0 saturated carbocycles. The smallest absolute Gasteiger partial charge is 0.416 e. The zero-order valence-electron chi connectivity index (χ0n) is 16.5. The van der Waals surface area contributed by atoms with Crippen LogP contribution in [0.4, 0.5) is 13.2 Å². The molecule has 0 amide bonds. The molecule has 0 aliphatic rings. The second-order valence-corrected chi connectivity index (χ2v) is 6.34. The predicted octanol–water partition coefficient (Wildman–Crippen LogP) is 2.60. The van der Waals surface area contributed by atoms with Gasteiger partial charge in [0, 0.05) is 17.8 Å². The van der Waals surface area contributed by atoms with Crippen LogP contribution in [0.3, 0.4) is 0 Å². The molecule has 9 nitrogen and oxygen atoms in total. The fourth-order valence-electron chi connectivity index (χ4n) is 2.38. The van der Waals surface area contributed by atoms with Crippen LogP contribution in [-0.4, -0.2) is 42.6 Å². The number of alkyl halides is 3. The SMILES string of the molecule is CC(=NOCc1ccc(C(F)(F)F)cc1)c1ccc(OCc2nnn(CCO)n2)nc1. The first-order chi connectivity index (χ1) is 14.8. The van der Waals surface area contributed by atoms with E-state index in [-0.39, 0.29) is 26.4 Å². The fraction of sp³-hybridized carbons (Fsp3) is 0.316. The van der Waals surface area contributed by atoms with Gasteiger partial charge in [-0.2, -0.15) is 18.0 Å². The zero-order chi connectivity index (χ0) is 22.3. The van der Waals surface area contributed by atoms with Gasteiger partial charge in [-0.05, 0) is 35.9 Å². The van der Waals surface area contributed by atoms with Gasteiger partial charge in [-0.25, -0.2) is 4.98 Å². The number of hydrogen-bond acceptors (Lipinski definition) is 8. The minimum absolute atomic E-state index is 0.0358. The average molecular weight is 436 g/mol. The molecule has 0 fully saturated rings. The fourth-order valence-corrected chi connectivity index (χ4v) is 2.38. The molecule has 164 valence electrons. The minimum Gasteiger partial charge on any atom is -0.469 e. The molecule has 12 heteroatoms. The number of benzene rings is 1. The number of halogens is 3. The summed E-state index contributed by atoms with van der Waals surface area (Å²) in [4.78, 5) is 10.7. The Morgan fingerprint density at radius 1 is 1.13 bits per heavy atom. The van der Waals surface area contributed by atoms with Crippen molar-refractivity contribution in [1.82, 2.24) is 25.2 Å². The lowest BCUT2D eigenvalue weighted by atomic mass is 10.1. The van der Waals surface area contributed by atoms with Crippen molar-refractivity contribution in [3.05, 3.63) is 65.1 Å². The standard InChI is InChI=1S/C19H19F3N6O3/c1-13(26-31-11-14-2-5-16(6-3-14)19(20,21)22)15-4-7-18(23-10-15)30-12-17-24-27-28(25-17)8-9-29/h2-7,10,29H,8-9,11-12H2,1H3. The quantitative estimate of drug-likeness (QED) is 0.406. The molecule has 1 aromatic carbocycles. The molecular formula is C19H19F3N6O3. The summed E-state index contributed by atoms with van der Waals surface area (Å²) in [7, 11) is 0. The Morgan fingerprint density at radius 3 is 2.55 bits per heavy atom. The van der Waals surface area contributed by atoms with E-state index in [1.807, 2.05) is 0 Å². The van der Waals surface area contributed by atoms with Crippen molar-refractivity contribution in [2.75, 3.05) is 6.61 Å². The Morgan fingerprint density at radius 2 is 1.90 bits per heavy atom. The number of hydrogen-bond donors (Lipinski definition) is 1. The van der Waals surface area contributed by atoms with E-state index in [1.165, 1.54) is 16.9 Å². The molecule has 2 aromatic heterocycles. The van der Waals surface area contributed by atoms with E-state index < -0.39 is 11.7 Å². The third-order valence-electron chi connectivity index (χ3n) is 4.01. The number of oxime groups is 1. The van der Waals surface area contributed by atoms with Gasteiger partial charge in [0.25, 0.3) is 0 Å². The third kappa shape index (κ3) is 6.47. The highest BCUT2D eigenvalue weighted by atomic mass is 19.4. The van der Waals surface area contributed by atoms with Crippen LogP contribution in [0.15, 0.2) is 47.8 Å². The number of nitrogens with zero attached hydrogens (tertiary/aromatic N) is 6. The first-order valence-corrected chi connectivity index (χ1v) is 9.14. The Labute approximate surface area is 175 Å². The van der Waals surface area contributed by atoms with Gasteiger partial charge in [0.2, 0.25) is 11.7 Å². The van der Waals surface area contributed by atoms with Crippen LogP contribution < -0.4 is 4.74 Å². The predicted molar refractivity (Wildman–Crippen MR) is 102 cm³/mol. The van der Waals surface area contributed by atoms with Gasteiger partial charge in [0.15, 0.2) is 6.61 Å². The summed E-state index contributed by atoms with van der Waals surface area (Å²) in [6.45, 7) is 1.98. The molecule has 2 heterocycles. The number of aliphatic hydroxyl groups is 1. The highest BCUT2D eigenvalue weighted by molar-refractivity contribution is 5.98. The summed E-state index contributed by atoms with van der Waals surface area (Å²) in [5, 5.41) is 24.4. The van der Waals surface area contributed by atoms with Crippen LogP contribution in [-0.2, 0) is 30.8 Å². The van der Waals surface area contributed by atoms with Gasteiger partial charge in [-0.15, -0.1) is 10.2 Å². The van der Waals surface area contributed by atoms with Crippen LogP contribution in [0.25, 0.3) is 0 Å². The number of tetrazole rings is 1. The van der Waals surface area contributed by atoms with Crippen molar-refractivity contribution in [2.24, 2.45) is 5.16 Å². The van der Waals surface area contributed by atoms with Crippen molar-refractivity contribution in [2.45, 2.75) is 32.9 Å². The molecular weight excluding hydrogens is 417 g/mol. The van der Waals surface area contributed by atoms with Gasteiger partial charge in [0.05, 0.1) is 24.4 Å². The van der Waals surface area contributed by atoms with E-state index in [1.54, 1.807) is 25.3 Å². The van der Waals surface area contributed by atoms with E-state index in [0.717, 1.165) is 12.1 Å². The van der Waals surface area contributed by atoms with E-state index in [4.69, 9.17) is 14.7 Å². The summed E-state index contributed by atoms with van der Waals surface area (Å²) in [6, 6.07) is 8.07. The Bertz CT molecular complexity index is 1000. The lowest BCUT2D eigenvalue weighted by molar-refractivity contribution is -0.137. The van der Waals surface area contributed by atoms with Crippen LogP contribution in [0, 0.1) is 0 Å². The van der Waals surface area contributed by atoms with E-state index in [9.17, 15) is 13.2 Å². The van der Waals surface area contributed by atoms with Crippen LogP contribution in [0.2, 0.25) is 0 Å². The van der Waals surface area contributed by atoms with Gasteiger partial charge >= 0.3 is 6.18 Å². The lowest BCUT2D eigenvalue weighted by Crippen LogP contribution is -2.06. The molecule has 0 bridgehead atoms. The van der Waals surface area contributed by atoms with Crippen molar-refractivity contribution in [1.29, 1.82) is 0 Å². The number of ether oxygens (including phenoxy) is 1. The number of rotatable bonds is 9. The molecule has 31 heavy (non-hydrogen) atoms. The summed E-state index contributed by atoms with van der Waals surface area (Å²) in [6.07, 6.45) is -2.82. The first kappa shape index (κ1) is 22.2. The van der Waals surface area contributed by atoms with Gasteiger partial charge < -0.3 is 14.7 Å². The van der Waals surface area contributed by atoms with Crippen LogP contribution in [0.5, 0.6) is 5.88 Å². The monoisotopic (exact) mass is 436 g/mol. The summed E-state index contributed by atoms with van der Waals surface area (Å²) in [5.74, 6) is 0.703. The summed E-state index contributed by atoms with van der Waals surface area (Å²) >= 11 is 0. The van der Waals surface area contributed by atoms with E-state index in [0.29, 0.717) is 28.5 Å². The highest BCUT2D eigenvalue weighted by Gasteiger charge is 2.29. The third-order valence-corrected chi connectivity index (χ3v) is 4.01. The van der Waals surface area contributed by atoms with Gasteiger partial charge in [0.1, 0.15) is 6.61 Å². The normalized spacial score (nSPS) is 12.1. The zero-order valence-corrected chi connectivity index (χ0v) is 16.5. The van der Waals surface area contributed by atoms with Crippen molar-refractivity contribution >= 4 is 5.71 Å². The molecule has 0 saturated heterocycles. The second-order valence-electron chi connectivity index (χ2n) is 6.34. The summed E-state index contributed by atoms with van der Waals surface area (Å²) in [5.41, 5.74) is 1.08. The number of aliphatic hydroxyl groups excluding tert-OH is 1. The Kier molecular flexibility index (Phi) is 7.13. The van der Waals surface area contributed by atoms with Crippen LogP contribution in [0.1, 0.15) is 29.4 Å². The average Bonchev–Trinajstić information content (AvgIpc) is 3.20. The topological polar surface area (TPSA) is 108 Å². The van der Waals surface area contributed by atoms with E-state index >= 15 is 0 Å². The largest absolute Gasteiger partial charge is 0.469 e. The molecule has 3 aromatic rings. The maximum atomic E-state index is 12.6. The molecule has 0 radical (unpaired) electrons. The molecule has 0 aliphatic carbocycles. The van der Waals surface area contributed by atoms with Crippen LogP contribution >= 0.6 is 0 Å². The lowest BCUT2D eigenvalue weighted by Gasteiger charge is -2.07. The van der Waals surface area contributed by atoms with Crippen molar-refractivity contribution in [3.8, 4) is 5.88 Å².